The maximum absolute atomic E-state index is 5.22. The van der Waals surface area contributed by atoms with Crippen LogP contribution in [0.15, 0.2) is 42.6 Å². The van der Waals surface area contributed by atoms with Gasteiger partial charge in [0, 0.05) is 11.9 Å². The molecule has 0 aliphatic carbocycles. The van der Waals surface area contributed by atoms with Gasteiger partial charge in [-0.1, -0.05) is 18.2 Å². The molecule has 0 saturated heterocycles. The van der Waals surface area contributed by atoms with Gasteiger partial charge in [0.2, 0.25) is 0 Å². The summed E-state index contributed by atoms with van der Waals surface area (Å²) in [6.07, 6.45) is 1.67. The minimum Gasteiger partial charge on any atom is -0.464 e. The van der Waals surface area contributed by atoms with Gasteiger partial charge < -0.3 is 10.1 Å². The molecule has 0 fully saturated rings. The molecule has 1 aromatic heterocycles. The third-order valence-corrected chi connectivity index (χ3v) is 1.95. The van der Waals surface area contributed by atoms with E-state index < -0.39 is 0 Å². The zero-order valence-electron chi connectivity index (χ0n) is 9.05. The van der Waals surface area contributed by atoms with Gasteiger partial charge in [0.1, 0.15) is 5.82 Å². The Morgan fingerprint density at radius 2 is 2.00 bits per heavy atom. The average molecular weight is 215 g/mol. The van der Waals surface area contributed by atoms with Gasteiger partial charge in [-0.05, 0) is 25.1 Å². The number of benzene rings is 1. The van der Waals surface area contributed by atoms with E-state index in [1.54, 1.807) is 12.3 Å². The third kappa shape index (κ3) is 2.70. The fraction of sp³-hybridized carbons (Fsp3) is 0.167. The topological polar surface area (TPSA) is 47.0 Å². The van der Waals surface area contributed by atoms with Crippen LogP contribution in [0.5, 0.6) is 6.01 Å². The normalized spacial score (nSPS) is 9.81. The van der Waals surface area contributed by atoms with Gasteiger partial charge in [-0.3, -0.25) is 0 Å². The molecule has 0 bridgehead atoms. The van der Waals surface area contributed by atoms with Gasteiger partial charge >= 0.3 is 6.01 Å². The highest BCUT2D eigenvalue weighted by Crippen LogP contribution is 2.14. The molecule has 2 rings (SSSR count). The summed E-state index contributed by atoms with van der Waals surface area (Å²) >= 11 is 0. The van der Waals surface area contributed by atoms with Crippen molar-refractivity contribution in [2.45, 2.75) is 6.92 Å². The number of nitrogens with zero attached hydrogens (tertiary/aromatic N) is 2. The van der Waals surface area contributed by atoms with Crippen LogP contribution in [0.3, 0.4) is 0 Å². The minimum absolute atomic E-state index is 0.392. The summed E-state index contributed by atoms with van der Waals surface area (Å²) in [4.78, 5) is 8.21. The summed E-state index contributed by atoms with van der Waals surface area (Å²) in [5, 5.41) is 3.17. The summed E-state index contributed by atoms with van der Waals surface area (Å²) in [6, 6.07) is 12.0. The van der Waals surface area contributed by atoms with E-state index in [0.717, 1.165) is 11.5 Å². The molecule has 0 spiro atoms. The highest BCUT2D eigenvalue weighted by molar-refractivity contribution is 5.55. The summed E-state index contributed by atoms with van der Waals surface area (Å²) in [7, 11) is 0. The second kappa shape index (κ2) is 5.11. The van der Waals surface area contributed by atoms with Gasteiger partial charge in [0.15, 0.2) is 0 Å². The first-order valence-corrected chi connectivity index (χ1v) is 5.16. The van der Waals surface area contributed by atoms with Crippen molar-refractivity contribution in [1.82, 2.24) is 9.97 Å². The predicted molar refractivity (Wildman–Crippen MR) is 62.9 cm³/mol. The zero-order chi connectivity index (χ0) is 11.2. The van der Waals surface area contributed by atoms with E-state index in [0.29, 0.717) is 12.6 Å². The molecular formula is C12H13N3O. The first kappa shape index (κ1) is 10.4. The lowest BCUT2D eigenvalue weighted by molar-refractivity contribution is 0.313. The Kier molecular flexibility index (Phi) is 3.33. The second-order valence-corrected chi connectivity index (χ2v) is 3.15. The van der Waals surface area contributed by atoms with E-state index in [9.17, 15) is 0 Å². The molecule has 0 saturated carbocycles. The van der Waals surface area contributed by atoms with Crippen LogP contribution in [-0.4, -0.2) is 16.6 Å². The number of hydrogen-bond donors (Lipinski definition) is 1. The van der Waals surface area contributed by atoms with E-state index in [1.165, 1.54) is 0 Å². The standard InChI is InChI=1S/C12H13N3O/c1-2-16-12-13-9-8-11(15-12)14-10-6-4-3-5-7-10/h3-9H,2H2,1H3,(H,13,14,15). The molecule has 0 radical (unpaired) electrons. The second-order valence-electron chi connectivity index (χ2n) is 3.15. The van der Waals surface area contributed by atoms with Crippen molar-refractivity contribution in [2.24, 2.45) is 0 Å². The first-order chi connectivity index (χ1) is 7.88. The lowest BCUT2D eigenvalue weighted by Gasteiger charge is -2.06. The van der Waals surface area contributed by atoms with Crippen molar-refractivity contribution in [3.8, 4) is 6.01 Å². The largest absolute Gasteiger partial charge is 0.464 e. The number of ether oxygens (including phenoxy) is 1. The van der Waals surface area contributed by atoms with Crippen LogP contribution in [0, 0.1) is 0 Å². The van der Waals surface area contributed by atoms with Crippen LogP contribution in [0.1, 0.15) is 6.92 Å². The van der Waals surface area contributed by atoms with E-state index in [2.05, 4.69) is 15.3 Å². The monoisotopic (exact) mass is 215 g/mol. The van der Waals surface area contributed by atoms with Gasteiger partial charge in [-0.2, -0.15) is 4.98 Å². The van der Waals surface area contributed by atoms with Crippen molar-refractivity contribution in [1.29, 1.82) is 0 Å². The average Bonchev–Trinajstić information content (AvgIpc) is 2.31. The highest BCUT2D eigenvalue weighted by Gasteiger charge is 1.99. The van der Waals surface area contributed by atoms with Gasteiger partial charge in [0.25, 0.3) is 0 Å². The Hall–Kier alpha value is -2.10. The van der Waals surface area contributed by atoms with Crippen molar-refractivity contribution in [3.05, 3.63) is 42.6 Å². The lowest BCUT2D eigenvalue weighted by Crippen LogP contribution is -2.00. The zero-order valence-corrected chi connectivity index (χ0v) is 9.05. The Bertz CT molecular complexity index is 445. The fourth-order valence-corrected chi connectivity index (χ4v) is 1.28. The fourth-order valence-electron chi connectivity index (χ4n) is 1.28. The van der Waals surface area contributed by atoms with Gasteiger partial charge in [0.05, 0.1) is 6.61 Å². The lowest BCUT2D eigenvalue weighted by atomic mass is 10.3. The molecule has 16 heavy (non-hydrogen) atoms. The van der Waals surface area contributed by atoms with Crippen molar-refractivity contribution >= 4 is 11.5 Å². The Balaban J connectivity index is 2.12. The quantitative estimate of drug-likeness (QED) is 0.851. The summed E-state index contributed by atoms with van der Waals surface area (Å²) in [5.41, 5.74) is 0.989. The Labute approximate surface area is 94.3 Å². The molecule has 82 valence electrons. The molecule has 0 aliphatic heterocycles. The molecule has 0 amide bonds. The van der Waals surface area contributed by atoms with Crippen LogP contribution in [0.4, 0.5) is 11.5 Å². The number of anilines is 2. The van der Waals surface area contributed by atoms with Crippen molar-refractivity contribution in [3.63, 3.8) is 0 Å². The van der Waals surface area contributed by atoms with Gasteiger partial charge in [-0.15, -0.1) is 0 Å². The molecule has 0 unspecified atom stereocenters. The Morgan fingerprint density at radius 1 is 1.19 bits per heavy atom. The van der Waals surface area contributed by atoms with Crippen molar-refractivity contribution < 1.29 is 4.74 Å². The molecule has 1 aromatic carbocycles. The predicted octanol–water partition coefficient (Wildman–Crippen LogP) is 2.62. The molecule has 4 heteroatoms. The van der Waals surface area contributed by atoms with E-state index >= 15 is 0 Å². The summed E-state index contributed by atoms with van der Waals surface area (Å²) in [5.74, 6) is 0.727. The number of aromatic nitrogens is 2. The number of rotatable bonds is 4. The molecule has 1 N–H and O–H groups in total. The highest BCUT2D eigenvalue weighted by atomic mass is 16.5. The van der Waals surface area contributed by atoms with Crippen LogP contribution < -0.4 is 10.1 Å². The minimum atomic E-state index is 0.392. The molecule has 0 atom stereocenters. The number of hydrogen-bond acceptors (Lipinski definition) is 4. The summed E-state index contributed by atoms with van der Waals surface area (Å²) < 4.78 is 5.22. The summed E-state index contributed by atoms with van der Waals surface area (Å²) in [6.45, 7) is 2.47. The molecule has 2 aromatic rings. The third-order valence-electron chi connectivity index (χ3n) is 1.95. The molecule has 0 aliphatic rings. The number of para-hydroxylation sites is 1. The Morgan fingerprint density at radius 3 is 2.75 bits per heavy atom. The maximum Gasteiger partial charge on any atom is 0.318 e. The van der Waals surface area contributed by atoms with Crippen LogP contribution in [0.2, 0.25) is 0 Å². The SMILES string of the molecule is CCOc1nccc(Nc2ccccc2)n1. The van der Waals surface area contributed by atoms with E-state index in [4.69, 9.17) is 4.74 Å². The van der Waals surface area contributed by atoms with Crippen LogP contribution in [0.25, 0.3) is 0 Å². The molecule has 1 heterocycles. The smallest absolute Gasteiger partial charge is 0.318 e. The first-order valence-electron chi connectivity index (χ1n) is 5.16. The van der Waals surface area contributed by atoms with Gasteiger partial charge in [-0.25, -0.2) is 4.98 Å². The number of nitrogens with one attached hydrogen (secondary N) is 1. The van der Waals surface area contributed by atoms with E-state index in [1.807, 2.05) is 37.3 Å². The maximum atomic E-state index is 5.22. The van der Waals surface area contributed by atoms with E-state index in [-0.39, 0.29) is 0 Å². The van der Waals surface area contributed by atoms with Crippen LogP contribution in [-0.2, 0) is 0 Å². The molecule has 4 nitrogen and oxygen atoms in total. The van der Waals surface area contributed by atoms with Crippen LogP contribution >= 0.6 is 0 Å². The van der Waals surface area contributed by atoms with Crippen molar-refractivity contribution in [2.75, 3.05) is 11.9 Å². The molecular weight excluding hydrogens is 202 g/mol.